The molecule has 0 aliphatic carbocycles. The SMILES string of the molecule is O=C1c2ccccc2C2(c3cccc4cc[nH]c34)CCCN12. The average molecular weight is 288 g/mol. The second-order valence-electron chi connectivity index (χ2n) is 6.21. The summed E-state index contributed by atoms with van der Waals surface area (Å²) < 4.78 is 0. The molecule has 108 valence electrons. The Balaban J connectivity index is 1.89. The molecule has 0 saturated carbocycles. The van der Waals surface area contributed by atoms with Gasteiger partial charge in [0.15, 0.2) is 0 Å². The van der Waals surface area contributed by atoms with Crippen LogP contribution in [0.1, 0.15) is 34.3 Å². The Labute approximate surface area is 128 Å². The molecule has 2 aromatic carbocycles. The van der Waals surface area contributed by atoms with Gasteiger partial charge in [0, 0.05) is 23.9 Å². The van der Waals surface area contributed by atoms with Gasteiger partial charge < -0.3 is 9.88 Å². The zero-order valence-electron chi connectivity index (χ0n) is 12.2. The van der Waals surface area contributed by atoms with Crippen LogP contribution >= 0.6 is 0 Å². The van der Waals surface area contributed by atoms with Crippen molar-refractivity contribution in [3.63, 3.8) is 0 Å². The molecule has 2 aliphatic rings. The smallest absolute Gasteiger partial charge is 0.255 e. The highest BCUT2D eigenvalue weighted by molar-refractivity contribution is 6.02. The molecule has 3 nitrogen and oxygen atoms in total. The first-order valence-corrected chi connectivity index (χ1v) is 7.80. The molecule has 1 unspecified atom stereocenters. The number of nitrogens with zero attached hydrogens (tertiary/aromatic N) is 1. The molecule has 0 spiro atoms. The number of nitrogens with one attached hydrogen (secondary N) is 1. The van der Waals surface area contributed by atoms with Gasteiger partial charge in [0.25, 0.3) is 5.91 Å². The fourth-order valence-electron chi connectivity index (χ4n) is 4.40. The Hall–Kier alpha value is -2.55. The van der Waals surface area contributed by atoms with Gasteiger partial charge in [-0.3, -0.25) is 4.79 Å². The highest BCUT2D eigenvalue weighted by Gasteiger charge is 2.53. The maximum absolute atomic E-state index is 12.8. The van der Waals surface area contributed by atoms with E-state index in [2.05, 4.69) is 40.2 Å². The van der Waals surface area contributed by atoms with Crippen LogP contribution in [0.5, 0.6) is 0 Å². The molecule has 1 amide bonds. The molecule has 5 rings (SSSR count). The molecule has 0 bridgehead atoms. The highest BCUT2D eigenvalue weighted by atomic mass is 16.2. The van der Waals surface area contributed by atoms with Gasteiger partial charge in [-0.25, -0.2) is 0 Å². The fraction of sp³-hybridized carbons (Fsp3) is 0.211. The van der Waals surface area contributed by atoms with E-state index < -0.39 is 0 Å². The Morgan fingerprint density at radius 1 is 1.00 bits per heavy atom. The van der Waals surface area contributed by atoms with Gasteiger partial charge in [0.2, 0.25) is 0 Å². The van der Waals surface area contributed by atoms with Gasteiger partial charge in [-0.15, -0.1) is 0 Å². The van der Waals surface area contributed by atoms with E-state index in [0.29, 0.717) is 0 Å². The minimum atomic E-state index is -0.294. The van der Waals surface area contributed by atoms with Crippen LogP contribution in [-0.4, -0.2) is 22.3 Å². The number of para-hydroxylation sites is 1. The summed E-state index contributed by atoms with van der Waals surface area (Å²) in [5.74, 6) is 0.177. The number of fused-ring (bicyclic) bond motifs is 4. The van der Waals surface area contributed by atoms with Gasteiger partial charge in [-0.1, -0.05) is 36.4 Å². The number of carbonyl (C=O) groups is 1. The van der Waals surface area contributed by atoms with Gasteiger partial charge >= 0.3 is 0 Å². The minimum absolute atomic E-state index is 0.177. The lowest BCUT2D eigenvalue weighted by Crippen LogP contribution is -2.39. The maximum atomic E-state index is 12.8. The number of carbonyl (C=O) groups excluding carboxylic acids is 1. The number of hydrogen-bond donors (Lipinski definition) is 1. The summed E-state index contributed by atoms with van der Waals surface area (Å²) in [6.07, 6.45) is 4.03. The predicted molar refractivity (Wildman–Crippen MR) is 85.8 cm³/mol. The quantitative estimate of drug-likeness (QED) is 0.729. The van der Waals surface area contributed by atoms with Crippen molar-refractivity contribution in [1.82, 2.24) is 9.88 Å². The van der Waals surface area contributed by atoms with E-state index in [1.54, 1.807) is 0 Å². The van der Waals surface area contributed by atoms with Crippen molar-refractivity contribution < 1.29 is 4.79 Å². The van der Waals surface area contributed by atoms with E-state index in [-0.39, 0.29) is 11.4 Å². The van der Waals surface area contributed by atoms with E-state index >= 15 is 0 Å². The highest BCUT2D eigenvalue weighted by Crippen LogP contribution is 2.52. The maximum Gasteiger partial charge on any atom is 0.255 e. The zero-order valence-corrected chi connectivity index (χ0v) is 12.2. The summed E-state index contributed by atoms with van der Waals surface area (Å²) in [6.45, 7) is 0.838. The summed E-state index contributed by atoms with van der Waals surface area (Å²) in [4.78, 5) is 18.3. The normalized spacial score (nSPS) is 23.1. The average Bonchev–Trinajstić information content (AvgIpc) is 3.24. The second-order valence-corrected chi connectivity index (χ2v) is 6.21. The Bertz CT molecular complexity index is 910. The zero-order chi connectivity index (χ0) is 14.7. The fourth-order valence-corrected chi connectivity index (χ4v) is 4.40. The van der Waals surface area contributed by atoms with Crippen LogP contribution < -0.4 is 0 Å². The Morgan fingerprint density at radius 2 is 1.86 bits per heavy atom. The molecule has 3 heterocycles. The van der Waals surface area contributed by atoms with Crippen molar-refractivity contribution >= 4 is 16.8 Å². The number of aromatic amines is 1. The summed E-state index contributed by atoms with van der Waals surface area (Å²) in [7, 11) is 0. The Morgan fingerprint density at radius 3 is 2.82 bits per heavy atom. The third-order valence-electron chi connectivity index (χ3n) is 5.26. The lowest BCUT2D eigenvalue weighted by molar-refractivity contribution is 0.0713. The van der Waals surface area contributed by atoms with Crippen LogP contribution in [0.25, 0.3) is 10.9 Å². The number of amides is 1. The molecular weight excluding hydrogens is 272 g/mol. The van der Waals surface area contributed by atoms with Crippen molar-refractivity contribution in [3.8, 4) is 0 Å². The van der Waals surface area contributed by atoms with Crippen LogP contribution in [0.4, 0.5) is 0 Å². The topological polar surface area (TPSA) is 36.1 Å². The molecule has 1 saturated heterocycles. The summed E-state index contributed by atoms with van der Waals surface area (Å²) in [6, 6.07) is 16.6. The van der Waals surface area contributed by atoms with Crippen molar-refractivity contribution in [2.45, 2.75) is 18.4 Å². The Kier molecular flexibility index (Phi) is 2.19. The summed E-state index contributed by atoms with van der Waals surface area (Å²) >= 11 is 0. The van der Waals surface area contributed by atoms with Crippen molar-refractivity contribution in [3.05, 3.63) is 71.4 Å². The second kappa shape index (κ2) is 4.01. The van der Waals surface area contributed by atoms with Crippen LogP contribution in [0, 0.1) is 0 Å². The molecule has 1 atom stereocenters. The van der Waals surface area contributed by atoms with Gasteiger partial charge in [-0.2, -0.15) is 0 Å². The molecule has 2 aliphatic heterocycles. The molecule has 1 fully saturated rings. The number of aromatic nitrogens is 1. The molecule has 0 radical (unpaired) electrons. The van der Waals surface area contributed by atoms with E-state index in [9.17, 15) is 4.79 Å². The molecule has 1 N–H and O–H groups in total. The predicted octanol–water partition coefficient (Wildman–Crippen LogP) is 3.66. The summed E-state index contributed by atoms with van der Waals surface area (Å²) in [5, 5.41) is 1.20. The van der Waals surface area contributed by atoms with E-state index in [0.717, 1.165) is 30.5 Å². The van der Waals surface area contributed by atoms with E-state index in [4.69, 9.17) is 0 Å². The first-order chi connectivity index (χ1) is 10.8. The number of H-pyrrole nitrogens is 1. The monoisotopic (exact) mass is 288 g/mol. The molecule has 3 aromatic rings. The van der Waals surface area contributed by atoms with Gasteiger partial charge in [0.1, 0.15) is 0 Å². The third-order valence-corrected chi connectivity index (χ3v) is 5.26. The molecular formula is C19H16N2O. The number of benzene rings is 2. The third kappa shape index (κ3) is 1.25. The van der Waals surface area contributed by atoms with Gasteiger partial charge in [-0.05, 0) is 35.9 Å². The number of rotatable bonds is 1. The van der Waals surface area contributed by atoms with Crippen molar-refractivity contribution in [1.29, 1.82) is 0 Å². The lowest BCUT2D eigenvalue weighted by Gasteiger charge is -2.34. The van der Waals surface area contributed by atoms with Gasteiger partial charge in [0.05, 0.1) is 11.1 Å². The molecule has 1 aromatic heterocycles. The molecule has 3 heteroatoms. The summed E-state index contributed by atoms with van der Waals surface area (Å²) in [5.41, 5.74) is 4.12. The minimum Gasteiger partial charge on any atom is -0.361 e. The van der Waals surface area contributed by atoms with E-state index in [1.165, 1.54) is 16.5 Å². The lowest BCUT2D eigenvalue weighted by atomic mass is 9.80. The van der Waals surface area contributed by atoms with Crippen LogP contribution in [-0.2, 0) is 5.54 Å². The number of hydrogen-bond acceptors (Lipinski definition) is 1. The van der Waals surface area contributed by atoms with Crippen LogP contribution in [0.2, 0.25) is 0 Å². The molecule has 22 heavy (non-hydrogen) atoms. The largest absolute Gasteiger partial charge is 0.361 e. The first-order valence-electron chi connectivity index (χ1n) is 7.80. The van der Waals surface area contributed by atoms with Crippen LogP contribution in [0.3, 0.4) is 0 Å². The first kappa shape index (κ1) is 12.0. The van der Waals surface area contributed by atoms with E-state index in [1.807, 2.05) is 24.4 Å². The van der Waals surface area contributed by atoms with Crippen LogP contribution in [0.15, 0.2) is 54.7 Å². The van der Waals surface area contributed by atoms with Crippen molar-refractivity contribution in [2.75, 3.05) is 6.54 Å². The van der Waals surface area contributed by atoms with Crippen molar-refractivity contribution in [2.24, 2.45) is 0 Å². The standard InChI is InChI=1S/C19H16N2O/c22-18-14-6-1-2-7-15(14)19(10-4-12-21(18)19)16-8-3-5-13-9-11-20-17(13)16/h1-3,5-9,11,20H,4,10,12H2.